The normalized spacial score (nSPS) is 19.0. The van der Waals surface area contributed by atoms with Gasteiger partial charge in [-0.3, -0.25) is 0 Å². The van der Waals surface area contributed by atoms with Crippen molar-refractivity contribution in [2.75, 3.05) is 6.61 Å². The van der Waals surface area contributed by atoms with Crippen molar-refractivity contribution in [3.63, 3.8) is 0 Å². The molecule has 164 valence electrons. The van der Waals surface area contributed by atoms with Gasteiger partial charge in [-0.15, -0.1) is 0 Å². The molecule has 2 aromatic rings. The van der Waals surface area contributed by atoms with Gasteiger partial charge in [0.2, 0.25) is 0 Å². The molecule has 1 heterocycles. The van der Waals surface area contributed by atoms with E-state index in [9.17, 15) is 0 Å². The number of hydrogen-bond donors (Lipinski definition) is 0. The molecule has 0 amide bonds. The maximum Gasteiger partial charge on any atom is 0.159 e. The average Bonchev–Trinajstić information content (AvgIpc) is 2.81. The van der Waals surface area contributed by atoms with Crippen LogP contribution < -0.4 is 4.74 Å². The predicted octanol–water partition coefficient (Wildman–Crippen LogP) is 7.96. The fourth-order valence-corrected chi connectivity index (χ4v) is 4.55. The maximum atomic E-state index is 5.90. The van der Waals surface area contributed by atoms with Gasteiger partial charge in [0.25, 0.3) is 0 Å². The summed E-state index contributed by atoms with van der Waals surface area (Å²) >= 11 is 0. The largest absolute Gasteiger partial charge is 0.494 e. The third kappa shape index (κ3) is 7.11. The molecule has 1 fully saturated rings. The molecule has 0 unspecified atom stereocenters. The van der Waals surface area contributed by atoms with Crippen molar-refractivity contribution in [3.05, 3.63) is 42.2 Å². The number of rotatable bonds is 12. The lowest BCUT2D eigenvalue weighted by molar-refractivity contribution is 0.304. The fraction of sp³-hybridized carbons (Fsp3) is 0.630. The van der Waals surface area contributed by atoms with Crippen LogP contribution in [-0.4, -0.2) is 16.6 Å². The van der Waals surface area contributed by atoms with Gasteiger partial charge in [0.1, 0.15) is 5.75 Å². The molecule has 1 aromatic heterocycles. The Morgan fingerprint density at radius 2 is 1.43 bits per heavy atom. The fourth-order valence-electron chi connectivity index (χ4n) is 4.55. The Morgan fingerprint density at radius 1 is 0.800 bits per heavy atom. The molecule has 0 N–H and O–H groups in total. The van der Waals surface area contributed by atoms with Crippen LogP contribution in [0.15, 0.2) is 36.7 Å². The molecule has 1 aliphatic carbocycles. The van der Waals surface area contributed by atoms with Crippen LogP contribution in [0.3, 0.4) is 0 Å². The minimum Gasteiger partial charge on any atom is -0.494 e. The van der Waals surface area contributed by atoms with E-state index in [0.29, 0.717) is 5.92 Å². The van der Waals surface area contributed by atoms with Gasteiger partial charge >= 0.3 is 0 Å². The van der Waals surface area contributed by atoms with E-state index in [4.69, 9.17) is 4.74 Å². The highest BCUT2D eigenvalue weighted by Crippen LogP contribution is 2.36. The topological polar surface area (TPSA) is 35.0 Å². The molecule has 1 saturated carbocycles. The van der Waals surface area contributed by atoms with E-state index in [-0.39, 0.29) is 0 Å². The maximum absolute atomic E-state index is 5.90. The van der Waals surface area contributed by atoms with Gasteiger partial charge in [-0.25, -0.2) is 9.97 Å². The Kier molecular flexibility index (Phi) is 9.66. The molecule has 3 heteroatoms. The second kappa shape index (κ2) is 12.7. The zero-order valence-corrected chi connectivity index (χ0v) is 19.1. The van der Waals surface area contributed by atoms with Crippen molar-refractivity contribution in [3.8, 4) is 17.1 Å². The predicted molar refractivity (Wildman–Crippen MR) is 126 cm³/mol. The van der Waals surface area contributed by atoms with Crippen molar-refractivity contribution in [2.24, 2.45) is 5.92 Å². The number of benzene rings is 1. The Balaban J connectivity index is 1.41. The Morgan fingerprint density at radius 3 is 2.07 bits per heavy atom. The lowest BCUT2D eigenvalue weighted by Gasteiger charge is -2.27. The summed E-state index contributed by atoms with van der Waals surface area (Å²) in [5.74, 6) is 3.31. The molecule has 0 atom stereocenters. The van der Waals surface area contributed by atoms with E-state index >= 15 is 0 Å². The van der Waals surface area contributed by atoms with E-state index in [1.807, 2.05) is 24.5 Å². The van der Waals surface area contributed by atoms with Gasteiger partial charge in [-0.1, -0.05) is 58.8 Å². The summed E-state index contributed by atoms with van der Waals surface area (Å²) in [6.45, 7) is 5.38. The molecular formula is C27H40N2O. The lowest BCUT2D eigenvalue weighted by Crippen LogP contribution is -2.13. The number of aromatic nitrogens is 2. The summed E-state index contributed by atoms with van der Waals surface area (Å²) in [4.78, 5) is 9.32. The third-order valence-electron chi connectivity index (χ3n) is 6.70. The van der Waals surface area contributed by atoms with Crippen LogP contribution >= 0.6 is 0 Å². The highest BCUT2D eigenvalue weighted by Gasteiger charge is 2.21. The number of ether oxygens (including phenoxy) is 1. The van der Waals surface area contributed by atoms with Crippen molar-refractivity contribution in [1.29, 1.82) is 0 Å². The van der Waals surface area contributed by atoms with E-state index in [1.54, 1.807) is 0 Å². The van der Waals surface area contributed by atoms with Gasteiger partial charge in [-0.05, 0) is 73.8 Å². The Hall–Kier alpha value is -1.90. The first-order valence-electron chi connectivity index (χ1n) is 12.3. The molecule has 0 saturated heterocycles. The highest BCUT2D eigenvalue weighted by molar-refractivity contribution is 5.56. The van der Waals surface area contributed by atoms with Crippen LogP contribution in [0.2, 0.25) is 0 Å². The second-order valence-corrected chi connectivity index (χ2v) is 8.96. The SMILES string of the molecule is CCCCCCCCCOc1ccc(-c2ncc(C3CCC(CC)CC3)cn2)cc1. The smallest absolute Gasteiger partial charge is 0.159 e. The van der Waals surface area contributed by atoms with Crippen molar-refractivity contribution < 1.29 is 4.74 Å². The molecule has 1 aromatic carbocycles. The molecule has 0 bridgehead atoms. The van der Waals surface area contributed by atoms with Crippen molar-refractivity contribution >= 4 is 0 Å². The second-order valence-electron chi connectivity index (χ2n) is 8.96. The molecule has 0 aliphatic heterocycles. The summed E-state index contributed by atoms with van der Waals surface area (Å²) in [6, 6.07) is 8.23. The van der Waals surface area contributed by atoms with Crippen LogP contribution in [0, 0.1) is 5.92 Å². The van der Waals surface area contributed by atoms with Crippen LogP contribution in [-0.2, 0) is 0 Å². The molecule has 30 heavy (non-hydrogen) atoms. The van der Waals surface area contributed by atoms with Gasteiger partial charge in [-0.2, -0.15) is 0 Å². The Labute approximate surface area is 183 Å². The molecule has 3 nitrogen and oxygen atoms in total. The van der Waals surface area contributed by atoms with Crippen LogP contribution in [0.25, 0.3) is 11.4 Å². The van der Waals surface area contributed by atoms with Gasteiger partial charge in [0.15, 0.2) is 5.82 Å². The van der Waals surface area contributed by atoms with Gasteiger partial charge in [0.05, 0.1) is 6.61 Å². The van der Waals surface area contributed by atoms with E-state index < -0.39 is 0 Å². The summed E-state index contributed by atoms with van der Waals surface area (Å²) < 4.78 is 5.90. The highest BCUT2D eigenvalue weighted by atomic mass is 16.5. The molecule has 0 spiro atoms. The van der Waals surface area contributed by atoms with Gasteiger partial charge in [0, 0.05) is 18.0 Å². The third-order valence-corrected chi connectivity index (χ3v) is 6.70. The van der Waals surface area contributed by atoms with E-state index in [0.717, 1.165) is 36.1 Å². The van der Waals surface area contributed by atoms with E-state index in [1.165, 1.54) is 76.2 Å². The molecule has 0 radical (unpaired) electrons. The van der Waals surface area contributed by atoms with Crippen LogP contribution in [0.1, 0.15) is 102 Å². The summed E-state index contributed by atoms with van der Waals surface area (Å²) in [5.41, 5.74) is 2.36. The molecular weight excluding hydrogens is 368 g/mol. The quantitative estimate of drug-likeness (QED) is 0.334. The first-order chi connectivity index (χ1) is 14.8. The standard InChI is InChI=1S/C27H40N2O/c1-3-5-6-7-8-9-10-19-30-26-17-15-24(16-18-26)27-28-20-25(21-29-27)23-13-11-22(4-2)12-14-23/h15-18,20-23H,3-14,19H2,1-2H3. The first kappa shape index (κ1) is 22.8. The zero-order valence-electron chi connectivity index (χ0n) is 19.1. The van der Waals surface area contributed by atoms with Gasteiger partial charge < -0.3 is 4.74 Å². The summed E-state index contributed by atoms with van der Waals surface area (Å²) in [7, 11) is 0. The van der Waals surface area contributed by atoms with E-state index in [2.05, 4.69) is 35.9 Å². The minimum atomic E-state index is 0.643. The summed E-state index contributed by atoms with van der Waals surface area (Å²) in [6.07, 6.45) is 19.8. The first-order valence-corrected chi connectivity index (χ1v) is 12.3. The zero-order chi connectivity index (χ0) is 21.0. The average molecular weight is 409 g/mol. The Bertz CT molecular complexity index is 703. The van der Waals surface area contributed by atoms with Crippen LogP contribution in [0.4, 0.5) is 0 Å². The molecule has 1 aliphatic rings. The minimum absolute atomic E-state index is 0.643. The number of unbranched alkanes of at least 4 members (excludes halogenated alkanes) is 6. The summed E-state index contributed by atoms with van der Waals surface area (Å²) in [5, 5.41) is 0. The molecule has 3 rings (SSSR count). The van der Waals surface area contributed by atoms with Crippen molar-refractivity contribution in [1.82, 2.24) is 9.97 Å². The lowest BCUT2D eigenvalue weighted by atomic mass is 9.78. The van der Waals surface area contributed by atoms with Crippen molar-refractivity contribution in [2.45, 2.75) is 96.8 Å². The number of hydrogen-bond acceptors (Lipinski definition) is 3. The number of nitrogens with zero attached hydrogens (tertiary/aromatic N) is 2. The monoisotopic (exact) mass is 408 g/mol. The van der Waals surface area contributed by atoms with Crippen LogP contribution in [0.5, 0.6) is 5.75 Å².